The number of hydrogen-bond acceptors (Lipinski definition) is 4. The molecule has 1 fully saturated rings. The van der Waals surface area contributed by atoms with E-state index in [1.165, 1.54) is 6.42 Å². The molecule has 5 nitrogen and oxygen atoms in total. The number of piperidine rings is 1. The minimum absolute atomic E-state index is 0. The van der Waals surface area contributed by atoms with Gasteiger partial charge in [0.25, 0.3) is 5.91 Å². The number of carbonyl (C=O) groups excluding carboxylic acids is 1. The summed E-state index contributed by atoms with van der Waals surface area (Å²) >= 11 is 0. The van der Waals surface area contributed by atoms with Crippen molar-refractivity contribution in [2.45, 2.75) is 12.8 Å². The zero-order valence-corrected chi connectivity index (χ0v) is 13.1. The van der Waals surface area contributed by atoms with Crippen LogP contribution < -0.4 is 10.6 Å². The summed E-state index contributed by atoms with van der Waals surface area (Å²) in [4.78, 5) is 12.1. The number of amides is 1. The van der Waals surface area contributed by atoms with E-state index in [0.717, 1.165) is 25.1 Å². The van der Waals surface area contributed by atoms with Crippen LogP contribution in [-0.2, 0) is 0 Å². The molecule has 2 aromatic rings. The third-order valence-corrected chi connectivity index (χ3v) is 3.75. The van der Waals surface area contributed by atoms with Crippen LogP contribution in [0.25, 0.3) is 11.3 Å². The number of aromatic nitrogens is 1. The van der Waals surface area contributed by atoms with Gasteiger partial charge in [-0.15, -0.1) is 12.4 Å². The monoisotopic (exact) mass is 321 g/mol. The molecule has 1 atom stereocenters. The second kappa shape index (κ2) is 7.96. The lowest BCUT2D eigenvalue weighted by Crippen LogP contribution is -2.38. The van der Waals surface area contributed by atoms with E-state index in [-0.39, 0.29) is 24.1 Å². The summed E-state index contributed by atoms with van der Waals surface area (Å²) < 4.78 is 5.14. The summed E-state index contributed by atoms with van der Waals surface area (Å²) in [7, 11) is 0. The van der Waals surface area contributed by atoms with E-state index >= 15 is 0 Å². The van der Waals surface area contributed by atoms with Gasteiger partial charge in [-0.2, -0.15) is 0 Å². The number of hydrogen-bond donors (Lipinski definition) is 2. The molecule has 3 rings (SSSR count). The second-order valence-electron chi connectivity index (χ2n) is 5.36. The van der Waals surface area contributed by atoms with Crippen LogP contribution in [0.1, 0.15) is 23.4 Å². The smallest absolute Gasteiger partial charge is 0.289 e. The van der Waals surface area contributed by atoms with Crippen LogP contribution in [0.3, 0.4) is 0 Å². The van der Waals surface area contributed by atoms with Crippen molar-refractivity contribution in [1.82, 2.24) is 15.8 Å². The summed E-state index contributed by atoms with van der Waals surface area (Å²) in [6.45, 7) is 2.71. The molecule has 1 amide bonds. The molecule has 0 aliphatic carbocycles. The van der Waals surface area contributed by atoms with E-state index in [9.17, 15) is 4.79 Å². The Hall–Kier alpha value is -1.85. The lowest BCUT2D eigenvalue weighted by molar-refractivity contribution is 0.0908. The topological polar surface area (TPSA) is 67.2 Å². The third-order valence-electron chi connectivity index (χ3n) is 3.75. The normalized spacial score (nSPS) is 17.5. The van der Waals surface area contributed by atoms with Gasteiger partial charge in [-0.25, -0.2) is 0 Å². The molecule has 1 aromatic heterocycles. The molecule has 0 radical (unpaired) electrons. The molecule has 1 unspecified atom stereocenters. The van der Waals surface area contributed by atoms with Gasteiger partial charge in [0.15, 0.2) is 0 Å². The maximum Gasteiger partial charge on any atom is 0.289 e. The lowest BCUT2D eigenvalue weighted by atomic mass is 10.00. The lowest BCUT2D eigenvalue weighted by Gasteiger charge is -2.22. The van der Waals surface area contributed by atoms with Gasteiger partial charge in [0, 0.05) is 18.2 Å². The first-order valence-corrected chi connectivity index (χ1v) is 7.34. The van der Waals surface area contributed by atoms with Crippen molar-refractivity contribution in [3.63, 3.8) is 0 Å². The van der Waals surface area contributed by atoms with E-state index in [1.54, 1.807) is 6.07 Å². The van der Waals surface area contributed by atoms with Crippen molar-refractivity contribution in [2.75, 3.05) is 19.6 Å². The van der Waals surface area contributed by atoms with Crippen molar-refractivity contribution in [1.29, 1.82) is 0 Å². The molecule has 0 saturated carbocycles. The molecule has 1 aromatic carbocycles. The SMILES string of the molecule is Cl.O=C(NCC1CCCNC1)c1cc(-c2ccccc2)no1. The Kier molecular flexibility index (Phi) is 5.98. The Morgan fingerprint density at radius 1 is 1.36 bits per heavy atom. The van der Waals surface area contributed by atoms with E-state index in [2.05, 4.69) is 15.8 Å². The number of nitrogens with zero attached hydrogens (tertiary/aromatic N) is 1. The van der Waals surface area contributed by atoms with Gasteiger partial charge in [0.05, 0.1) is 0 Å². The Bertz CT molecular complexity index is 594. The van der Waals surface area contributed by atoms with Crippen LogP contribution in [0.2, 0.25) is 0 Å². The molecule has 1 aliphatic heterocycles. The zero-order valence-electron chi connectivity index (χ0n) is 12.2. The summed E-state index contributed by atoms with van der Waals surface area (Å²) in [6, 6.07) is 11.4. The van der Waals surface area contributed by atoms with E-state index in [4.69, 9.17) is 4.52 Å². The van der Waals surface area contributed by atoms with Crippen molar-refractivity contribution in [3.8, 4) is 11.3 Å². The van der Waals surface area contributed by atoms with Crippen molar-refractivity contribution >= 4 is 18.3 Å². The Labute approximate surface area is 135 Å². The van der Waals surface area contributed by atoms with Crippen LogP contribution in [0.4, 0.5) is 0 Å². The molecule has 1 aliphatic rings. The predicted octanol–water partition coefficient (Wildman–Crippen LogP) is 2.49. The summed E-state index contributed by atoms with van der Waals surface area (Å²) in [5.74, 6) is 0.562. The Morgan fingerprint density at radius 3 is 2.91 bits per heavy atom. The Morgan fingerprint density at radius 2 is 2.18 bits per heavy atom. The Balaban J connectivity index is 0.00000176. The van der Waals surface area contributed by atoms with Gasteiger partial charge in [-0.05, 0) is 31.8 Å². The first-order valence-electron chi connectivity index (χ1n) is 7.34. The fourth-order valence-electron chi connectivity index (χ4n) is 2.55. The van der Waals surface area contributed by atoms with Crippen LogP contribution in [0.15, 0.2) is 40.9 Å². The van der Waals surface area contributed by atoms with Crippen LogP contribution in [0.5, 0.6) is 0 Å². The predicted molar refractivity (Wildman–Crippen MR) is 87.1 cm³/mol. The standard InChI is InChI=1S/C16H19N3O2.ClH/c20-16(18-11-12-5-4-8-17-10-12)15-9-14(19-21-15)13-6-2-1-3-7-13;/h1-3,6-7,9,12,17H,4-5,8,10-11H2,(H,18,20);1H. The zero-order chi connectivity index (χ0) is 14.5. The number of benzene rings is 1. The fourth-order valence-corrected chi connectivity index (χ4v) is 2.55. The number of rotatable bonds is 4. The van der Waals surface area contributed by atoms with E-state index < -0.39 is 0 Å². The van der Waals surface area contributed by atoms with Gasteiger partial charge in [0.1, 0.15) is 5.69 Å². The molecule has 0 spiro atoms. The van der Waals surface area contributed by atoms with Gasteiger partial charge >= 0.3 is 0 Å². The van der Waals surface area contributed by atoms with E-state index in [0.29, 0.717) is 18.2 Å². The van der Waals surface area contributed by atoms with Crippen molar-refractivity contribution in [3.05, 3.63) is 42.2 Å². The summed E-state index contributed by atoms with van der Waals surface area (Å²) in [6.07, 6.45) is 2.32. The summed E-state index contributed by atoms with van der Waals surface area (Å²) in [5, 5.41) is 10.2. The highest BCUT2D eigenvalue weighted by atomic mass is 35.5. The van der Waals surface area contributed by atoms with Crippen LogP contribution in [-0.4, -0.2) is 30.7 Å². The van der Waals surface area contributed by atoms with Crippen LogP contribution in [0, 0.1) is 5.92 Å². The molecule has 0 bridgehead atoms. The second-order valence-corrected chi connectivity index (χ2v) is 5.36. The molecule has 1 saturated heterocycles. The maximum atomic E-state index is 12.1. The number of halogens is 1. The van der Waals surface area contributed by atoms with Crippen molar-refractivity contribution < 1.29 is 9.32 Å². The minimum Gasteiger partial charge on any atom is -0.350 e. The largest absolute Gasteiger partial charge is 0.350 e. The van der Waals surface area contributed by atoms with Gasteiger partial charge in [-0.1, -0.05) is 35.5 Å². The van der Waals surface area contributed by atoms with E-state index in [1.807, 2.05) is 30.3 Å². The third kappa shape index (κ3) is 4.08. The number of carbonyl (C=O) groups is 1. The molecular weight excluding hydrogens is 302 g/mol. The average molecular weight is 322 g/mol. The molecule has 118 valence electrons. The van der Waals surface area contributed by atoms with Gasteiger partial charge in [0.2, 0.25) is 5.76 Å². The highest BCUT2D eigenvalue weighted by Gasteiger charge is 2.17. The maximum absolute atomic E-state index is 12.1. The highest BCUT2D eigenvalue weighted by molar-refractivity contribution is 5.92. The molecule has 2 N–H and O–H groups in total. The van der Waals surface area contributed by atoms with Crippen molar-refractivity contribution in [2.24, 2.45) is 5.92 Å². The quantitative estimate of drug-likeness (QED) is 0.908. The summed E-state index contributed by atoms with van der Waals surface area (Å²) in [5.41, 5.74) is 1.62. The van der Waals surface area contributed by atoms with Crippen LogP contribution >= 0.6 is 12.4 Å². The first kappa shape index (κ1) is 16.5. The fraction of sp³-hybridized carbons (Fsp3) is 0.375. The number of nitrogens with one attached hydrogen (secondary N) is 2. The van der Waals surface area contributed by atoms with Gasteiger partial charge in [-0.3, -0.25) is 4.79 Å². The molecule has 6 heteroatoms. The molecule has 2 heterocycles. The molecular formula is C16H20ClN3O2. The minimum atomic E-state index is -0.199. The first-order chi connectivity index (χ1) is 10.3. The molecule has 22 heavy (non-hydrogen) atoms. The highest BCUT2D eigenvalue weighted by Crippen LogP contribution is 2.18. The average Bonchev–Trinajstić information content (AvgIpc) is 3.04. The van der Waals surface area contributed by atoms with Gasteiger partial charge < -0.3 is 15.2 Å².